The number of phenolic OH excluding ortho intramolecular Hbond substituents is 10. The van der Waals surface area contributed by atoms with Crippen molar-refractivity contribution < 1.29 is 90.1 Å². The van der Waals surface area contributed by atoms with Crippen LogP contribution < -0.4 is 23.7 Å². The normalized spacial score (nSPS) is 26.7. The van der Waals surface area contributed by atoms with Crippen molar-refractivity contribution in [2.45, 2.75) is 54.2 Å². The molecule has 0 fully saturated rings. The predicted octanol–water partition coefficient (Wildman–Crippen LogP) is 4.04. The van der Waals surface area contributed by atoms with Crippen molar-refractivity contribution in [3.05, 3.63) is 123 Å². The summed E-state index contributed by atoms with van der Waals surface area (Å²) in [5.41, 5.74) is -0.123. The van der Waals surface area contributed by atoms with E-state index in [1.165, 1.54) is 36.4 Å². The molecule has 13 N–H and O–H groups in total. The lowest BCUT2D eigenvalue weighted by Gasteiger charge is -2.53. The minimum Gasteiger partial charge on any atom is -0.508 e. The van der Waals surface area contributed by atoms with Crippen molar-refractivity contribution in [2.75, 3.05) is 0 Å². The second-order valence-electron chi connectivity index (χ2n) is 16.1. The molecule has 0 aliphatic carbocycles. The Bertz CT molecular complexity index is 2990. The Morgan fingerprint density at radius 2 is 0.921 bits per heavy atom. The average Bonchev–Trinajstić information content (AvgIpc) is 3.22. The zero-order valence-electron chi connectivity index (χ0n) is 32.0. The molecule has 0 unspecified atom stereocenters. The van der Waals surface area contributed by atoms with E-state index in [-0.39, 0.29) is 79.7 Å². The first-order valence-corrected chi connectivity index (χ1v) is 19.4. The Morgan fingerprint density at radius 1 is 0.429 bits per heavy atom. The molecule has 8 atom stereocenters. The van der Waals surface area contributed by atoms with Crippen LogP contribution in [0.25, 0.3) is 0 Å². The van der Waals surface area contributed by atoms with Gasteiger partial charge in [0.25, 0.3) is 0 Å². The number of hydrogen-bond donors (Lipinski definition) is 13. The van der Waals surface area contributed by atoms with Crippen LogP contribution in [0.4, 0.5) is 0 Å². The number of aromatic hydroxyl groups is 10. The number of phenols is 10. The van der Waals surface area contributed by atoms with Crippen LogP contribution in [0.15, 0.2) is 78.9 Å². The van der Waals surface area contributed by atoms with Gasteiger partial charge in [-0.05, 0) is 54.1 Å². The molecule has 0 saturated carbocycles. The molecule has 6 aromatic rings. The molecule has 0 radical (unpaired) electrons. The number of rotatable bonds is 3. The lowest BCUT2D eigenvalue weighted by Crippen LogP contribution is -2.59. The first-order chi connectivity index (χ1) is 30.0. The van der Waals surface area contributed by atoms with Crippen molar-refractivity contribution in [1.29, 1.82) is 0 Å². The summed E-state index contributed by atoms with van der Waals surface area (Å²) >= 11 is 0. The van der Waals surface area contributed by atoms with E-state index in [0.717, 1.165) is 42.5 Å². The first kappa shape index (κ1) is 38.1. The van der Waals surface area contributed by atoms with Gasteiger partial charge >= 0.3 is 11.6 Å². The summed E-state index contributed by atoms with van der Waals surface area (Å²) in [4.78, 5) is 0. The smallest absolute Gasteiger partial charge is 0.305 e. The molecule has 11 rings (SSSR count). The molecule has 18 nitrogen and oxygen atoms in total. The van der Waals surface area contributed by atoms with Gasteiger partial charge in [0.05, 0.1) is 17.9 Å². The largest absolute Gasteiger partial charge is 0.508 e. The molecule has 5 heterocycles. The highest BCUT2D eigenvalue weighted by atomic mass is 16.7. The zero-order valence-corrected chi connectivity index (χ0v) is 32.0. The fraction of sp³-hybridized carbons (Fsp3) is 0.200. The summed E-state index contributed by atoms with van der Waals surface area (Å²) in [6.45, 7) is 0. The number of benzene rings is 6. The van der Waals surface area contributed by atoms with Crippen LogP contribution in [0, 0.1) is 0 Å². The Morgan fingerprint density at radius 3 is 1.51 bits per heavy atom. The van der Waals surface area contributed by atoms with E-state index >= 15 is 0 Å². The molecule has 63 heavy (non-hydrogen) atoms. The number of aliphatic hydroxyl groups excluding tert-OH is 3. The van der Waals surface area contributed by atoms with Crippen LogP contribution in [0.3, 0.4) is 0 Å². The highest BCUT2D eigenvalue weighted by molar-refractivity contribution is 5.73. The average molecular weight is 863 g/mol. The fourth-order valence-corrected chi connectivity index (χ4v) is 9.70. The van der Waals surface area contributed by atoms with Gasteiger partial charge in [0.1, 0.15) is 70.1 Å². The monoisotopic (exact) mass is 862 g/mol. The van der Waals surface area contributed by atoms with Crippen LogP contribution in [0.1, 0.15) is 62.4 Å². The molecule has 0 spiro atoms. The maximum Gasteiger partial charge on any atom is 0.305 e. The number of hydrogen-bond acceptors (Lipinski definition) is 18. The zero-order chi connectivity index (χ0) is 44.2. The molecule has 0 aromatic heterocycles. The van der Waals surface area contributed by atoms with Crippen LogP contribution in [0.5, 0.6) is 86.2 Å². The van der Waals surface area contributed by atoms with Crippen molar-refractivity contribution in [3.63, 3.8) is 0 Å². The third-order valence-corrected chi connectivity index (χ3v) is 12.5. The van der Waals surface area contributed by atoms with E-state index in [0.29, 0.717) is 0 Å². The molecule has 18 heteroatoms. The van der Waals surface area contributed by atoms with Crippen LogP contribution in [-0.4, -0.2) is 84.7 Å². The maximum atomic E-state index is 12.7. The summed E-state index contributed by atoms with van der Waals surface area (Å²) in [5.74, 6) is -13.8. The van der Waals surface area contributed by atoms with Gasteiger partial charge in [0.15, 0.2) is 34.5 Å². The summed E-state index contributed by atoms with van der Waals surface area (Å²) in [7, 11) is 0. The van der Waals surface area contributed by atoms with Gasteiger partial charge in [-0.2, -0.15) is 0 Å². The lowest BCUT2D eigenvalue weighted by atomic mass is 9.70. The third kappa shape index (κ3) is 5.04. The van der Waals surface area contributed by atoms with E-state index < -0.39 is 105 Å². The molecule has 5 aliphatic rings. The summed E-state index contributed by atoms with van der Waals surface area (Å²) in [6.07, 6.45) is -6.54. The van der Waals surface area contributed by atoms with E-state index in [2.05, 4.69) is 0 Å². The van der Waals surface area contributed by atoms with Gasteiger partial charge in [0, 0.05) is 69.6 Å². The molecule has 6 aromatic carbocycles. The second kappa shape index (κ2) is 12.6. The molecular weight excluding hydrogens is 828 g/mol. The first-order valence-electron chi connectivity index (χ1n) is 19.4. The Labute approximate surface area is 353 Å². The minimum atomic E-state index is -2.43. The van der Waals surface area contributed by atoms with Crippen LogP contribution >= 0.6 is 0 Å². The Balaban J connectivity index is 1.20. The molecule has 0 saturated heterocycles. The number of ether oxygens (including phenoxy) is 5. The van der Waals surface area contributed by atoms with Crippen molar-refractivity contribution in [2.24, 2.45) is 0 Å². The summed E-state index contributed by atoms with van der Waals surface area (Å²) in [6, 6.07) is 15.2. The maximum absolute atomic E-state index is 12.7. The van der Waals surface area contributed by atoms with Crippen LogP contribution in [0.2, 0.25) is 0 Å². The minimum absolute atomic E-state index is 0.0277. The van der Waals surface area contributed by atoms with E-state index in [1.807, 2.05) is 0 Å². The molecule has 322 valence electrons. The topological polar surface area (TPSA) is 309 Å². The summed E-state index contributed by atoms with van der Waals surface area (Å²) in [5, 5.41) is 145. The molecule has 4 bridgehead atoms. The second-order valence-corrected chi connectivity index (χ2v) is 16.1. The number of aliphatic hydroxyl groups is 3. The van der Waals surface area contributed by atoms with Gasteiger partial charge < -0.3 is 90.1 Å². The molecular formula is C45H34O18. The van der Waals surface area contributed by atoms with E-state index in [1.54, 1.807) is 0 Å². The third-order valence-electron chi connectivity index (χ3n) is 12.5. The van der Waals surface area contributed by atoms with Gasteiger partial charge in [-0.15, -0.1) is 0 Å². The Hall–Kier alpha value is -7.80. The summed E-state index contributed by atoms with van der Waals surface area (Å²) < 4.78 is 32.6. The standard InChI is InChI=1S/C45H34O18/c46-18-10-27(54)33-30(11-18)60-44(16-2-5-21(48)25(52)8-16)42(57)37(33)36-32(61-44)14-28(55)34-38-35-31(62-45(43(38)58,63-41(34)36)17-3-6-22(49)26(53)9-17)13-23(50)19-12-29(56)39(59-40(19)35)15-1-4-20(47)24(51)7-15/h1-11,13-14,29,37-39,42-43,46-58H,12H2/t29-,37-,38+,39-,42-,43-,44+,45+/m1/s1. The van der Waals surface area contributed by atoms with Crippen molar-refractivity contribution in [3.8, 4) is 86.2 Å². The van der Waals surface area contributed by atoms with E-state index in [4.69, 9.17) is 23.7 Å². The highest BCUT2D eigenvalue weighted by Crippen LogP contribution is 2.67. The number of fused-ring (bicyclic) bond motifs is 15. The molecule has 0 amide bonds. The van der Waals surface area contributed by atoms with Gasteiger partial charge in [-0.1, -0.05) is 6.07 Å². The lowest BCUT2D eigenvalue weighted by molar-refractivity contribution is -0.227. The molecule has 5 aliphatic heterocycles. The van der Waals surface area contributed by atoms with Gasteiger partial charge in [-0.3, -0.25) is 0 Å². The Kier molecular flexibility index (Phi) is 7.65. The van der Waals surface area contributed by atoms with Gasteiger partial charge in [0.2, 0.25) is 0 Å². The van der Waals surface area contributed by atoms with Crippen molar-refractivity contribution in [1.82, 2.24) is 0 Å². The fourth-order valence-electron chi connectivity index (χ4n) is 9.70. The quantitative estimate of drug-likeness (QED) is 0.112. The van der Waals surface area contributed by atoms with E-state index in [9.17, 15) is 66.4 Å². The van der Waals surface area contributed by atoms with Crippen molar-refractivity contribution >= 4 is 0 Å². The van der Waals surface area contributed by atoms with Crippen LogP contribution in [-0.2, 0) is 18.0 Å². The predicted molar refractivity (Wildman–Crippen MR) is 210 cm³/mol. The van der Waals surface area contributed by atoms with Gasteiger partial charge in [-0.25, -0.2) is 0 Å². The SMILES string of the molecule is Oc1cc(O)c2c(c1)O[C@@]1(c3ccc(O)c(O)c3)Oc3cc(O)c4c(c3[C@@H]2[C@H]1O)O[C@]1(c2ccc(O)c(O)c2)Oc2cc(O)c3c(c2[C@H]4[C@H]1O)O[C@H](c1ccc(O)c(O)c1)[C@H](O)C3. The highest BCUT2D eigenvalue weighted by Gasteiger charge is 2.64.